The van der Waals surface area contributed by atoms with Crippen LogP contribution in [0.25, 0.3) is 0 Å². The summed E-state index contributed by atoms with van der Waals surface area (Å²) in [7, 11) is -3.14. The number of thiocarbonyl (C=S) groups is 1. The van der Waals surface area contributed by atoms with Gasteiger partial charge in [-0.2, -0.15) is 18.6 Å². The summed E-state index contributed by atoms with van der Waals surface area (Å²) in [4.78, 5) is 11.4. The number of nitrogens with two attached hydrogens (primary N) is 1. The minimum atomic E-state index is -5.17. The van der Waals surface area contributed by atoms with E-state index in [1.54, 1.807) is 10.9 Å². The molecule has 5 N–H and O–H groups in total. The molecule has 0 aliphatic carbocycles. The summed E-state index contributed by atoms with van der Waals surface area (Å²) in [6.45, 7) is 1.29. The second-order valence-corrected chi connectivity index (χ2v) is 8.02. The molecule has 0 radical (unpaired) electrons. The van der Waals surface area contributed by atoms with E-state index in [2.05, 4.69) is 0 Å². The van der Waals surface area contributed by atoms with Crippen LogP contribution in [0.3, 0.4) is 0 Å². The van der Waals surface area contributed by atoms with Crippen molar-refractivity contribution in [3.05, 3.63) is 29.1 Å². The fourth-order valence-electron chi connectivity index (χ4n) is 2.50. The van der Waals surface area contributed by atoms with Gasteiger partial charge in [-0.15, -0.1) is 0 Å². The summed E-state index contributed by atoms with van der Waals surface area (Å²) >= 11 is 4.72. The van der Waals surface area contributed by atoms with Crippen molar-refractivity contribution in [1.82, 2.24) is 15.8 Å². The lowest BCUT2D eigenvalue weighted by Gasteiger charge is -2.36. The number of carbonyl (C=O) groups excluding carboxylic acids is 1. The number of benzene rings is 1. The first kappa shape index (κ1) is 21.1. The molecule has 1 heterocycles. The van der Waals surface area contributed by atoms with Gasteiger partial charge in [-0.25, -0.2) is 17.6 Å². The number of urea groups is 1. The molecule has 1 aliphatic heterocycles. The van der Waals surface area contributed by atoms with E-state index in [0.29, 0.717) is 12.1 Å². The highest BCUT2D eigenvalue weighted by atomic mass is 32.2. The number of sulfonamides is 1. The summed E-state index contributed by atoms with van der Waals surface area (Å²) in [6.07, 6.45) is -5.17. The Bertz CT molecular complexity index is 906. The molecule has 0 spiro atoms. The molecule has 1 aliphatic rings. The number of halogens is 4. The van der Waals surface area contributed by atoms with Gasteiger partial charge in [0.1, 0.15) is 10.8 Å². The number of anilines is 1. The number of amides is 2. The van der Waals surface area contributed by atoms with Gasteiger partial charge in [0.15, 0.2) is 0 Å². The molecule has 14 heteroatoms. The zero-order chi connectivity index (χ0) is 20.8. The third-order valence-corrected chi connectivity index (χ3v) is 5.49. The van der Waals surface area contributed by atoms with Crippen LogP contribution in [0.2, 0.25) is 0 Å². The summed E-state index contributed by atoms with van der Waals surface area (Å²) in [5.74, 6) is -1.80. The van der Waals surface area contributed by atoms with Crippen molar-refractivity contribution in [2.24, 2.45) is 5.73 Å². The van der Waals surface area contributed by atoms with Crippen LogP contribution in [0.4, 0.5) is 28.0 Å². The third kappa shape index (κ3) is 3.51. The Morgan fingerprint density at radius 2 is 2.00 bits per heavy atom. The van der Waals surface area contributed by atoms with E-state index >= 15 is 0 Å². The van der Waals surface area contributed by atoms with E-state index in [9.17, 15) is 30.8 Å². The van der Waals surface area contributed by atoms with Crippen molar-refractivity contribution >= 4 is 38.9 Å². The largest absolute Gasteiger partial charge is 0.431 e. The highest BCUT2D eigenvalue weighted by molar-refractivity contribution is 7.92. The van der Waals surface area contributed by atoms with Crippen molar-refractivity contribution in [3.63, 3.8) is 0 Å². The molecule has 1 aromatic rings. The number of hydrogen-bond donors (Lipinski definition) is 4. The maximum absolute atomic E-state index is 14.6. The third-order valence-electron chi connectivity index (χ3n) is 3.98. The highest BCUT2D eigenvalue weighted by Gasteiger charge is 2.65. The number of hydrazine groups is 1. The first-order valence-electron chi connectivity index (χ1n) is 7.29. The highest BCUT2D eigenvalue weighted by Crippen LogP contribution is 2.44. The Balaban J connectivity index is 2.80. The van der Waals surface area contributed by atoms with Gasteiger partial charge in [0.25, 0.3) is 0 Å². The van der Waals surface area contributed by atoms with E-state index in [-0.39, 0.29) is 10.5 Å². The molecule has 8 nitrogen and oxygen atoms in total. The molecular formula is C13H15F4N5O3S2. The van der Waals surface area contributed by atoms with E-state index in [4.69, 9.17) is 18.0 Å². The number of nitrogens with one attached hydrogen (secondary N) is 3. The van der Waals surface area contributed by atoms with E-state index in [0.717, 1.165) is 7.05 Å². The van der Waals surface area contributed by atoms with Crippen molar-refractivity contribution in [2.75, 3.05) is 17.5 Å². The summed E-state index contributed by atoms with van der Waals surface area (Å²) in [5.41, 5.74) is 3.86. The average molecular weight is 429 g/mol. The second-order valence-electron chi connectivity index (χ2n) is 5.57. The van der Waals surface area contributed by atoms with Gasteiger partial charge in [0.2, 0.25) is 15.7 Å². The molecule has 2 rings (SSSR count). The summed E-state index contributed by atoms with van der Waals surface area (Å²) in [5, 5.41) is 0. The fraction of sp³-hybridized carbons (Fsp3) is 0.385. The van der Waals surface area contributed by atoms with E-state index in [1.807, 2.05) is 4.72 Å². The SMILES string of the molecule is CCS(=O)(=O)Nc1cc(C2(C(F)(F)F)NNC(=O)N2C)c(F)cc1C(N)=S. The predicted molar refractivity (Wildman–Crippen MR) is 92.5 cm³/mol. The fourth-order valence-corrected chi connectivity index (χ4v) is 3.32. The molecule has 2 amide bonds. The zero-order valence-electron chi connectivity index (χ0n) is 13.9. The zero-order valence-corrected chi connectivity index (χ0v) is 15.6. The summed E-state index contributed by atoms with van der Waals surface area (Å²) in [6, 6.07) is 0.0199. The smallest absolute Gasteiger partial charge is 0.389 e. The van der Waals surface area contributed by atoms with Crippen LogP contribution in [-0.4, -0.2) is 43.3 Å². The molecule has 1 aromatic carbocycles. The topological polar surface area (TPSA) is 117 Å². The maximum atomic E-state index is 14.6. The molecule has 0 bridgehead atoms. The number of hydrogen-bond acceptors (Lipinski definition) is 5. The normalized spacial score (nSPS) is 20.5. The average Bonchev–Trinajstić information content (AvgIpc) is 2.85. The number of alkyl halides is 3. The molecular weight excluding hydrogens is 414 g/mol. The second kappa shape index (κ2) is 6.76. The van der Waals surface area contributed by atoms with Gasteiger partial charge in [-0.3, -0.25) is 15.0 Å². The van der Waals surface area contributed by atoms with Crippen LogP contribution in [0.1, 0.15) is 18.1 Å². The van der Waals surface area contributed by atoms with Gasteiger partial charge in [-0.1, -0.05) is 12.2 Å². The van der Waals surface area contributed by atoms with Gasteiger partial charge in [0, 0.05) is 18.2 Å². The Morgan fingerprint density at radius 3 is 2.41 bits per heavy atom. The van der Waals surface area contributed by atoms with Crippen LogP contribution < -0.4 is 21.3 Å². The van der Waals surface area contributed by atoms with Crippen molar-refractivity contribution < 1.29 is 30.8 Å². The lowest BCUT2D eigenvalue weighted by Crippen LogP contribution is -2.59. The Kier molecular flexibility index (Phi) is 5.29. The van der Waals surface area contributed by atoms with Crippen LogP contribution in [-0.2, 0) is 15.7 Å². The van der Waals surface area contributed by atoms with Crippen molar-refractivity contribution in [2.45, 2.75) is 18.8 Å². The van der Waals surface area contributed by atoms with E-state index in [1.165, 1.54) is 6.92 Å². The minimum Gasteiger partial charge on any atom is -0.389 e. The molecule has 0 aromatic heterocycles. The Hall–Kier alpha value is -2.19. The van der Waals surface area contributed by atoms with Gasteiger partial charge < -0.3 is 5.73 Å². The molecule has 1 unspecified atom stereocenters. The lowest BCUT2D eigenvalue weighted by molar-refractivity contribution is -0.230. The Labute approximate surface area is 157 Å². The van der Waals surface area contributed by atoms with Crippen molar-refractivity contribution in [1.29, 1.82) is 0 Å². The number of carbonyl (C=O) groups is 1. The molecule has 1 fully saturated rings. The first-order chi connectivity index (χ1) is 12.3. The standard InChI is InChI=1S/C13H15F4N5O3S2/c1-3-27(24,25)20-9-5-7(8(14)4-6(9)10(18)26)12(13(15,16)17)21-19-11(23)22(12)2/h4-5,20-21H,3H2,1-2H3,(H2,18,26)(H,19,23). The minimum absolute atomic E-state index is 0.212. The lowest BCUT2D eigenvalue weighted by atomic mass is 9.95. The molecule has 27 heavy (non-hydrogen) atoms. The van der Waals surface area contributed by atoms with Crippen LogP contribution in [0, 0.1) is 5.82 Å². The summed E-state index contributed by atoms with van der Waals surface area (Å²) < 4.78 is 81.9. The predicted octanol–water partition coefficient (Wildman–Crippen LogP) is 1.10. The molecule has 150 valence electrons. The molecule has 1 saturated heterocycles. The van der Waals surface area contributed by atoms with Crippen LogP contribution >= 0.6 is 12.2 Å². The van der Waals surface area contributed by atoms with E-state index < -0.39 is 55.7 Å². The monoisotopic (exact) mass is 429 g/mol. The van der Waals surface area contributed by atoms with Gasteiger partial charge >= 0.3 is 12.2 Å². The van der Waals surface area contributed by atoms with Gasteiger partial charge in [0.05, 0.1) is 11.4 Å². The van der Waals surface area contributed by atoms with Crippen LogP contribution in [0.15, 0.2) is 12.1 Å². The first-order valence-corrected chi connectivity index (χ1v) is 9.35. The van der Waals surface area contributed by atoms with Crippen LogP contribution in [0.5, 0.6) is 0 Å². The number of rotatable bonds is 5. The molecule has 1 atom stereocenters. The Morgan fingerprint density at radius 1 is 1.41 bits per heavy atom. The maximum Gasteiger partial charge on any atom is 0.431 e. The van der Waals surface area contributed by atoms with Crippen molar-refractivity contribution in [3.8, 4) is 0 Å². The molecule has 0 saturated carbocycles. The number of nitrogens with zero attached hydrogens (tertiary/aromatic N) is 1. The van der Waals surface area contributed by atoms with Gasteiger partial charge in [-0.05, 0) is 19.1 Å². The quantitative estimate of drug-likeness (QED) is 0.411.